The van der Waals surface area contributed by atoms with Crippen LogP contribution in [0.3, 0.4) is 0 Å². The number of methoxy groups -OCH3 is 2. The number of fused-ring (bicyclic) bond motifs is 3. The Balaban J connectivity index is 1.54. The number of nitro benzene ring substituents is 1. The number of carbonyl (C=O) groups excluding carboxylic acids is 3. The van der Waals surface area contributed by atoms with Crippen molar-refractivity contribution in [3.8, 4) is 11.5 Å². The second-order valence-electron chi connectivity index (χ2n) is 8.24. The van der Waals surface area contributed by atoms with Crippen LogP contribution >= 0.6 is 0 Å². The third kappa shape index (κ3) is 3.35. The molecule has 3 heterocycles. The molecule has 35 heavy (non-hydrogen) atoms. The molecule has 5 rings (SSSR count). The Hall–Kier alpha value is -4.54. The fourth-order valence-electron chi connectivity index (χ4n) is 4.98. The lowest BCUT2D eigenvalue weighted by atomic mass is 9.86. The van der Waals surface area contributed by atoms with Crippen LogP contribution in [0.25, 0.3) is 0 Å². The van der Waals surface area contributed by atoms with E-state index in [9.17, 15) is 24.5 Å². The first-order valence-corrected chi connectivity index (χ1v) is 10.7. The number of nitro groups is 1. The number of amides is 2. The zero-order valence-corrected chi connectivity index (χ0v) is 18.7. The molecule has 0 N–H and O–H groups in total. The van der Waals surface area contributed by atoms with Gasteiger partial charge in [0.25, 0.3) is 5.69 Å². The SMILES string of the molecule is COc1ccc(C(=O)[C@@H]2[C@H]3C(=O)N(c4ccc([N+](=O)[O-])cc4)C(=O)[C@@H]3[C@H]3C=CC=NN32)cc1OC. The van der Waals surface area contributed by atoms with E-state index >= 15 is 0 Å². The molecule has 0 unspecified atom stereocenters. The predicted octanol–water partition coefficient (Wildman–Crippen LogP) is 2.21. The maximum Gasteiger partial charge on any atom is 0.269 e. The number of carbonyl (C=O) groups is 3. The van der Waals surface area contributed by atoms with E-state index in [0.29, 0.717) is 11.5 Å². The zero-order valence-electron chi connectivity index (χ0n) is 18.7. The largest absolute Gasteiger partial charge is 0.493 e. The van der Waals surface area contributed by atoms with Crippen molar-refractivity contribution in [2.24, 2.45) is 16.9 Å². The fraction of sp³-hybridized carbons (Fsp3) is 0.250. The summed E-state index contributed by atoms with van der Waals surface area (Å²) in [5.41, 5.74) is 0.336. The van der Waals surface area contributed by atoms with Gasteiger partial charge in [-0.15, -0.1) is 0 Å². The van der Waals surface area contributed by atoms with Gasteiger partial charge in [0.15, 0.2) is 17.3 Å². The molecule has 178 valence electrons. The maximum atomic E-state index is 13.7. The molecule has 0 aliphatic carbocycles. The van der Waals surface area contributed by atoms with Gasteiger partial charge >= 0.3 is 0 Å². The van der Waals surface area contributed by atoms with Gasteiger partial charge in [-0.05, 0) is 36.4 Å². The number of anilines is 1. The second-order valence-corrected chi connectivity index (χ2v) is 8.24. The molecule has 11 heteroatoms. The Morgan fingerprint density at radius 3 is 2.34 bits per heavy atom. The Morgan fingerprint density at radius 2 is 1.69 bits per heavy atom. The molecule has 2 aromatic carbocycles. The molecule has 0 radical (unpaired) electrons. The summed E-state index contributed by atoms with van der Waals surface area (Å²) in [5.74, 6) is -2.43. The Bertz CT molecular complexity index is 1300. The lowest BCUT2D eigenvalue weighted by molar-refractivity contribution is -0.384. The van der Waals surface area contributed by atoms with Crippen molar-refractivity contribution in [1.82, 2.24) is 5.01 Å². The van der Waals surface area contributed by atoms with Gasteiger partial charge in [-0.2, -0.15) is 5.10 Å². The molecule has 3 aliphatic heterocycles. The topological polar surface area (TPSA) is 132 Å². The first-order chi connectivity index (χ1) is 16.9. The van der Waals surface area contributed by atoms with Crippen LogP contribution in [0.2, 0.25) is 0 Å². The van der Waals surface area contributed by atoms with Gasteiger partial charge in [0.05, 0.1) is 42.7 Å². The summed E-state index contributed by atoms with van der Waals surface area (Å²) in [6.45, 7) is 0. The van der Waals surface area contributed by atoms with Crippen molar-refractivity contribution >= 4 is 35.2 Å². The van der Waals surface area contributed by atoms with E-state index < -0.39 is 40.7 Å². The summed E-state index contributed by atoms with van der Waals surface area (Å²) in [7, 11) is 2.94. The molecule has 0 saturated carbocycles. The predicted molar refractivity (Wildman–Crippen MR) is 123 cm³/mol. The van der Waals surface area contributed by atoms with Crippen molar-refractivity contribution in [3.63, 3.8) is 0 Å². The highest BCUT2D eigenvalue weighted by atomic mass is 16.6. The van der Waals surface area contributed by atoms with Crippen LogP contribution < -0.4 is 14.4 Å². The van der Waals surface area contributed by atoms with Crippen molar-refractivity contribution in [1.29, 1.82) is 0 Å². The number of hydrogen-bond acceptors (Lipinski definition) is 9. The van der Waals surface area contributed by atoms with Crippen LogP contribution in [0, 0.1) is 22.0 Å². The van der Waals surface area contributed by atoms with Gasteiger partial charge in [0.1, 0.15) is 6.04 Å². The second kappa shape index (κ2) is 8.35. The minimum Gasteiger partial charge on any atom is -0.493 e. The average molecular weight is 476 g/mol. The number of rotatable bonds is 6. The molecule has 2 saturated heterocycles. The summed E-state index contributed by atoms with van der Waals surface area (Å²) in [6.07, 6.45) is 4.93. The molecule has 11 nitrogen and oxygen atoms in total. The number of hydrogen-bond donors (Lipinski definition) is 0. The number of non-ortho nitro benzene ring substituents is 1. The Morgan fingerprint density at radius 1 is 1.00 bits per heavy atom. The fourth-order valence-corrected chi connectivity index (χ4v) is 4.98. The summed E-state index contributed by atoms with van der Waals surface area (Å²) < 4.78 is 10.6. The van der Waals surface area contributed by atoms with E-state index in [1.54, 1.807) is 24.3 Å². The van der Waals surface area contributed by atoms with Crippen LogP contribution in [0.4, 0.5) is 11.4 Å². The molecule has 2 aromatic rings. The third-order valence-electron chi connectivity index (χ3n) is 6.55. The molecular formula is C24H20N4O7. The number of allylic oxidation sites excluding steroid dienone is 1. The van der Waals surface area contributed by atoms with Gasteiger partial charge in [0.2, 0.25) is 11.8 Å². The summed E-state index contributed by atoms with van der Waals surface area (Å²) in [4.78, 5) is 52.3. The smallest absolute Gasteiger partial charge is 0.269 e. The normalized spacial score (nSPS) is 24.4. The van der Waals surface area contributed by atoms with Crippen molar-refractivity contribution < 1.29 is 28.8 Å². The molecule has 0 spiro atoms. The lowest BCUT2D eigenvalue weighted by Crippen LogP contribution is -2.46. The van der Waals surface area contributed by atoms with Crippen molar-refractivity contribution in [2.75, 3.05) is 19.1 Å². The van der Waals surface area contributed by atoms with Gasteiger partial charge in [-0.1, -0.05) is 6.08 Å². The van der Waals surface area contributed by atoms with Crippen molar-refractivity contribution in [3.05, 3.63) is 70.3 Å². The number of Topliss-reactive ketones (excluding diaryl/α,β-unsaturated/α-hetero) is 1. The summed E-state index contributed by atoms with van der Waals surface area (Å²) >= 11 is 0. The van der Waals surface area contributed by atoms with Gasteiger partial charge in [-0.25, -0.2) is 4.90 Å². The number of ether oxygens (including phenoxy) is 2. The summed E-state index contributed by atoms with van der Waals surface area (Å²) in [6, 6.07) is 8.26. The van der Waals surface area contributed by atoms with Crippen LogP contribution in [0.5, 0.6) is 11.5 Å². The minimum atomic E-state index is -1.02. The Kier molecular flexibility index (Phi) is 5.31. The number of imide groups is 1. The molecular weight excluding hydrogens is 456 g/mol. The van der Waals surface area contributed by atoms with Gasteiger partial charge < -0.3 is 9.47 Å². The standard InChI is InChI=1S/C24H20N4O7/c1-34-17-10-5-13(12-18(17)35-2)22(29)21-20-19(16-4-3-11-25-27(16)21)23(30)26(24(20)31)14-6-8-15(9-7-14)28(32)33/h3-12,16,19-21H,1-2H3/t16-,19-,20+,21+/m1/s1. The van der Waals surface area contributed by atoms with Gasteiger partial charge in [-0.3, -0.25) is 29.5 Å². The van der Waals surface area contributed by atoms with Crippen LogP contribution in [0.15, 0.2) is 59.7 Å². The zero-order chi connectivity index (χ0) is 24.9. The molecule has 0 bridgehead atoms. The van der Waals surface area contributed by atoms with Crippen LogP contribution in [-0.4, -0.2) is 60.0 Å². The molecule has 2 amide bonds. The minimum absolute atomic E-state index is 0.162. The number of ketones is 1. The molecule has 4 atom stereocenters. The number of nitrogens with zero attached hydrogens (tertiary/aromatic N) is 4. The first-order valence-electron chi connectivity index (χ1n) is 10.7. The van der Waals surface area contributed by atoms with E-state index in [0.717, 1.165) is 4.90 Å². The molecule has 0 aromatic heterocycles. The maximum absolute atomic E-state index is 13.7. The monoisotopic (exact) mass is 476 g/mol. The Labute approximate surface area is 199 Å². The quantitative estimate of drug-likeness (QED) is 0.268. The highest BCUT2D eigenvalue weighted by molar-refractivity contribution is 6.24. The van der Waals surface area contributed by atoms with E-state index in [4.69, 9.17) is 9.47 Å². The van der Waals surface area contributed by atoms with Gasteiger partial charge in [0, 0.05) is 23.9 Å². The average Bonchev–Trinajstić information content (AvgIpc) is 3.35. The number of hydrazone groups is 1. The molecule has 2 fully saturated rings. The summed E-state index contributed by atoms with van der Waals surface area (Å²) in [5, 5.41) is 16.8. The highest BCUT2D eigenvalue weighted by Gasteiger charge is 2.64. The van der Waals surface area contributed by atoms with Crippen LogP contribution in [-0.2, 0) is 9.59 Å². The molecule has 3 aliphatic rings. The van der Waals surface area contributed by atoms with Crippen molar-refractivity contribution in [2.45, 2.75) is 12.1 Å². The van der Waals surface area contributed by atoms with E-state index in [2.05, 4.69) is 5.10 Å². The van der Waals surface area contributed by atoms with E-state index in [1.807, 2.05) is 0 Å². The van der Waals surface area contributed by atoms with E-state index in [-0.39, 0.29) is 22.7 Å². The first kappa shape index (κ1) is 22.3. The number of benzene rings is 2. The lowest BCUT2D eigenvalue weighted by Gasteiger charge is -2.30. The van der Waals surface area contributed by atoms with Crippen LogP contribution in [0.1, 0.15) is 10.4 Å². The van der Waals surface area contributed by atoms with E-state index in [1.165, 1.54) is 55.8 Å². The highest BCUT2D eigenvalue weighted by Crippen LogP contribution is 2.46. The third-order valence-corrected chi connectivity index (χ3v) is 6.55.